The van der Waals surface area contributed by atoms with Gasteiger partial charge in [-0.2, -0.15) is 13.2 Å². The van der Waals surface area contributed by atoms with Crippen LogP contribution in [0.1, 0.15) is 37.6 Å². The number of aliphatic hydroxyl groups excluding tert-OH is 1. The van der Waals surface area contributed by atoms with Gasteiger partial charge >= 0.3 is 12.1 Å². The van der Waals surface area contributed by atoms with Crippen molar-refractivity contribution in [1.82, 2.24) is 10.2 Å². The molecule has 0 aliphatic carbocycles. The number of nitrogens with zero attached hydrogens (tertiary/aromatic N) is 3. The van der Waals surface area contributed by atoms with Gasteiger partial charge in [-0.1, -0.05) is 11.6 Å². The monoisotopic (exact) mass is 463 g/mol. The number of halogens is 5. The maximum absolute atomic E-state index is 14.3. The van der Waals surface area contributed by atoms with Crippen LogP contribution in [-0.4, -0.2) is 52.7 Å². The number of ether oxygens (including phenoxy) is 1. The molecule has 11 heteroatoms. The lowest BCUT2D eigenvalue weighted by molar-refractivity contribution is -0.204. The topological polar surface area (TPSA) is 75.5 Å². The molecule has 0 bridgehead atoms. The molecule has 0 radical (unpaired) electrons. The van der Waals surface area contributed by atoms with Gasteiger partial charge in [0, 0.05) is 24.2 Å². The third-order valence-electron chi connectivity index (χ3n) is 4.07. The van der Waals surface area contributed by atoms with Crippen molar-refractivity contribution >= 4 is 23.4 Å². The molecule has 0 saturated carbocycles. The first-order valence-electron chi connectivity index (χ1n) is 9.21. The summed E-state index contributed by atoms with van der Waals surface area (Å²) in [5.74, 6) is -1.54. The number of carbonyl (C=O) groups is 1. The molecule has 1 atom stereocenters. The Hall–Kier alpha value is -2.46. The molecule has 0 aliphatic rings. The van der Waals surface area contributed by atoms with Gasteiger partial charge in [0.15, 0.2) is 11.9 Å². The number of rotatable bonds is 6. The summed E-state index contributed by atoms with van der Waals surface area (Å²) in [5.41, 5.74) is -1.01. The van der Waals surface area contributed by atoms with Gasteiger partial charge < -0.3 is 14.7 Å². The van der Waals surface area contributed by atoms with Crippen LogP contribution < -0.4 is 4.90 Å². The van der Waals surface area contributed by atoms with E-state index in [1.165, 1.54) is 30.1 Å². The fraction of sp³-hybridized carbons (Fsp3) is 0.450. The molecule has 0 saturated heterocycles. The Kier molecular flexibility index (Phi) is 7.48. The van der Waals surface area contributed by atoms with E-state index in [1.54, 1.807) is 20.8 Å². The number of hydrogen-bond acceptors (Lipinski definition) is 6. The third kappa shape index (κ3) is 6.76. The average Bonchev–Trinajstić information content (AvgIpc) is 2.65. The van der Waals surface area contributed by atoms with Crippen molar-refractivity contribution < 1.29 is 32.2 Å². The summed E-state index contributed by atoms with van der Waals surface area (Å²) in [4.78, 5) is 14.0. The largest absolute Gasteiger partial charge is 0.456 e. The summed E-state index contributed by atoms with van der Waals surface area (Å²) in [6.07, 6.45) is -7.96. The van der Waals surface area contributed by atoms with Crippen LogP contribution in [0.4, 0.5) is 23.4 Å². The summed E-state index contributed by atoms with van der Waals surface area (Å²) in [6, 6.07) is 5.02. The first-order valence-corrected chi connectivity index (χ1v) is 9.59. The number of hydrogen-bond donors (Lipinski definition) is 1. The van der Waals surface area contributed by atoms with Gasteiger partial charge in [0.25, 0.3) is 0 Å². The van der Waals surface area contributed by atoms with E-state index in [2.05, 4.69) is 10.2 Å². The summed E-state index contributed by atoms with van der Waals surface area (Å²) in [6.45, 7) is 4.64. The molecule has 31 heavy (non-hydrogen) atoms. The van der Waals surface area contributed by atoms with Gasteiger partial charge in [-0.15, -0.1) is 10.2 Å². The second-order valence-corrected chi connectivity index (χ2v) is 8.30. The highest BCUT2D eigenvalue weighted by Crippen LogP contribution is 2.29. The highest BCUT2D eigenvalue weighted by Gasteiger charge is 2.38. The number of carbonyl (C=O) groups excluding carboxylic acids is 1. The van der Waals surface area contributed by atoms with Crippen LogP contribution in [0.15, 0.2) is 24.3 Å². The van der Waals surface area contributed by atoms with Crippen LogP contribution in [0.5, 0.6) is 0 Å². The SMILES string of the molecule is CN(CCC(O)C(F)(F)F)c1nnc(-c2cc(Cl)ccc2F)cc1C(=O)OC(C)(C)C. The van der Waals surface area contributed by atoms with E-state index in [9.17, 15) is 27.5 Å². The molecule has 0 spiro atoms. The number of anilines is 1. The van der Waals surface area contributed by atoms with E-state index in [4.69, 9.17) is 16.3 Å². The molecule has 1 aromatic heterocycles. The van der Waals surface area contributed by atoms with Crippen molar-refractivity contribution in [3.63, 3.8) is 0 Å². The van der Waals surface area contributed by atoms with E-state index >= 15 is 0 Å². The predicted octanol–water partition coefficient (Wildman–Crippen LogP) is 4.64. The number of aliphatic hydroxyl groups is 1. The molecule has 6 nitrogen and oxygen atoms in total. The van der Waals surface area contributed by atoms with E-state index in [-0.39, 0.29) is 34.2 Å². The van der Waals surface area contributed by atoms with Gasteiger partial charge in [-0.05, 0) is 51.5 Å². The van der Waals surface area contributed by atoms with E-state index in [0.717, 1.165) is 6.07 Å². The predicted molar refractivity (Wildman–Crippen MR) is 108 cm³/mol. The minimum Gasteiger partial charge on any atom is -0.456 e. The van der Waals surface area contributed by atoms with Gasteiger partial charge in [0.05, 0.1) is 5.69 Å². The van der Waals surface area contributed by atoms with Crippen LogP contribution in [0.3, 0.4) is 0 Å². The molecule has 2 rings (SSSR count). The maximum atomic E-state index is 14.3. The molecule has 170 valence electrons. The fourth-order valence-electron chi connectivity index (χ4n) is 2.56. The zero-order valence-corrected chi connectivity index (χ0v) is 18.1. The van der Waals surface area contributed by atoms with Crippen molar-refractivity contribution in [2.45, 2.75) is 45.1 Å². The Morgan fingerprint density at radius 3 is 2.45 bits per heavy atom. The number of alkyl halides is 3. The highest BCUT2D eigenvalue weighted by molar-refractivity contribution is 6.30. The number of esters is 1. The van der Waals surface area contributed by atoms with Crippen molar-refractivity contribution in [2.24, 2.45) is 0 Å². The molecule has 1 N–H and O–H groups in total. The van der Waals surface area contributed by atoms with Gasteiger partial charge in [0.2, 0.25) is 0 Å². The smallest absolute Gasteiger partial charge is 0.414 e. The van der Waals surface area contributed by atoms with Crippen LogP contribution in [-0.2, 0) is 4.74 Å². The molecular formula is C20H22ClF4N3O3. The molecule has 2 aromatic rings. The molecular weight excluding hydrogens is 442 g/mol. The average molecular weight is 464 g/mol. The number of benzene rings is 1. The Morgan fingerprint density at radius 1 is 1.23 bits per heavy atom. The van der Waals surface area contributed by atoms with Crippen LogP contribution >= 0.6 is 11.6 Å². The fourth-order valence-corrected chi connectivity index (χ4v) is 2.73. The summed E-state index contributed by atoms with van der Waals surface area (Å²) < 4.78 is 57.4. The lowest BCUT2D eigenvalue weighted by Gasteiger charge is -2.24. The van der Waals surface area contributed by atoms with Crippen LogP contribution in [0, 0.1) is 5.82 Å². The highest BCUT2D eigenvalue weighted by atomic mass is 35.5. The lowest BCUT2D eigenvalue weighted by atomic mass is 10.1. The van der Waals surface area contributed by atoms with Crippen LogP contribution in [0.25, 0.3) is 11.3 Å². The zero-order valence-electron chi connectivity index (χ0n) is 17.3. The Bertz CT molecular complexity index is 948. The Labute approximate surface area is 181 Å². The maximum Gasteiger partial charge on any atom is 0.414 e. The molecule has 1 aromatic carbocycles. The molecule has 0 amide bonds. The normalized spacial score (nSPS) is 13.1. The van der Waals surface area contributed by atoms with E-state index in [1.807, 2.05) is 0 Å². The van der Waals surface area contributed by atoms with Gasteiger partial charge in [-0.25, -0.2) is 9.18 Å². The first kappa shape index (κ1) is 24.8. The minimum atomic E-state index is -4.77. The Morgan fingerprint density at radius 2 is 1.87 bits per heavy atom. The lowest BCUT2D eigenvalue weighted by Crippen LogP contribution is -2.34. The molecule has 1 heterocycles. The standard InChI is InChI=1S/C20H22ClF4N3O3/c1-19(2,3)31-18(30)13-10-15(12-9-11(21)5-6-14(12)22)26-27-17(13)28(4)8-7-16(29)20(23,24)25/h5-6,9-10,16,29H,7-8H2,1-4H3. The van der Waals surface area contributed by atoms with Crippen molar-refractivity contribution in [2.75, 3.05) is 18.5 Å². The zero-order chi connectivity index (χ0) is 23.6. The summed E-state index contributed by atoms with van der Waals surface area (Å²) in [5, 5.41) is 17.3. The molecule has 1 unspecified atom stereocenters. The van der Waals surface area contributed by atoms with Gasteiger partial charge in [-0.3, -0.25) is 0 Å². The van der Waals surface area contributed by atoms with E-state index in [0.29, 0.717) is 0 Å². The van der Waals surface area contributed by atoms with Crippen LogP contribution in [0.2, 0.25) is 5.02 Å². The van der Waals surface area contributed by atoms with Crippen molar-refractivity contribution in [3.05, 3.63) is 40.7 Å². The quantitative estimate of drug-likeness (QED) is 0.497. The minimum absolute atomic E-state index is 0.00617. The van der Waals surface area contributed by atoms with Gasteiger partial charge in [0.1, 0.15) is 17.0 Å². The van der Waals surface area contributed by atoms with E-state index < -0.39 is 36.1 Å². The summed E-state index contributed by atoms with van der Waals surface area (Å²) in [7, 11) is 1.39. The Balaban J connectivity index is 2.45. The second-order valence-electron chi connectivity index (χ2n) is 7.86. The second kappa shape index (κ2) is 9.35. The van der Waals surface area contributed by atoms with Crippen molar-refractivity contribution in [1.29, 1.82) is 0 Å². The molecule has 0 fully saturated rings. The summed E-state index contributed by atoms with van der Waals surface area (Å²) >= 11 is 5.92. The number of aromatic nitrogens is 2. The van der Waals surface area contributed by atoms with Crippen molar-refractivity contribution in [3.8, 4) is 11.3 Å². The molecule has 0 aliphatic heterocycles. The first-order chi connectivity index (χ1) is 14.2. The third-order valence-corrected chi connectivity index (χ3v) is 4.31.